The van der Waals surface area contributed by atoms with Crippen molar-refractivity contribution in [3.63, 3.8) is 0 Å². The van der Waals surface area contributed by atoms with Crippen LogP contribution < -0.4 is 0 Å². The highest BCUT2D eigenvalue weighted by Gasteiger charge is 2.44. The van der Waals surface area contributed by atoms with Gasteiger partial charge in [-0.3, -0.25) is 14.5 Å². The molecule has 0 N–H and O–H groups in total. The number of benzene rings is 2. The molecule has 0 radical (unpaired) electrons. The van der Waals surface area contributed by atoms with E-state index in [1.807, 2.05) is 55.5 Å². The quantitative estimate of drug-likeness (QED) is 0.388. The Morgan fingerprint density at radius 3 is 2.45 bits per heavy atom. The molecule has 0 bridgehead atoms. The zero-order valence-electron chi connectivity index (χ0n) is 21.6. The van der Waals surface area contributed by atoms with Crippen LogP contribution in [0.2, 0.25) is 10.0 Å². The number of piperidine rings is 1. The summed E-state index contributed by atoms with van der Waals surface area (Å²) < 4.78 is 5.24. The minimum absolute atomic E-state index is 0.0535. The van der Waals surface area contributed by atoms with Gasteiger partial charge in [0, 0.05) is 22.5 Å². The van der Waals surface area contributed by atoms with E-state index in [2.05, 4.69) is 11.0 Å². The molecule has 1 aliphatic carbocycles. The summed E-state index contributed by atoms with van der Waals surface area (Å²) >= 11 is 12.3. The Kier molecular flexibility index (Phi) is 8.51. The molecule has 0 unspecified atom stereocenters. The standard InChI is InChI=1S/C30H33Cl2N3O3/c1-2-38-30(37)23-6-4-16-34(18-23)19-27(36)35-29(21-10-14-25(32)15-11-21)26-7-3-5-22(28(26)33-35)17-20-8-12-24(31)13-9-20/h8-15,17,23,26,29H,2-7,16,18-19H2,1H3/b22-17-/t23-,26-,29+/m1/s1. The molecule has 0 spiro atoms. The first-order valence-electron chi connectivity index (χ1n) is 13.4. The lowest BCUT2D eigenvalue weighted by Gasteiger charge is -2.33. The molecule has 2 aliphatic heterocycles. The van der Waals surface area contributed by atoms with E-state index in [0.717, 1.165) is 61.1 Å². The van der Waals surface area contributed by atoms with Gasteiger partial charge in [0.1, 0.15) is 0 Å². The summed E-state index contributed by atoms with van der Waals surface area (Å²) in [6.07, 6.45) is 6.74. The van der Waals surface area contributed by atoms with Gasteiger partial charge in [0.25, 0.3) is 5.91 Å². The third-order valence-electron chi connectivity index (χ3n) is 7.66. The first-order chi connectivity index (χ1) is 18.4. The fourth-order valence-electron chi connectivity index (χ4n) is 5.88. The van der Waals surface area contributed by atoms with Gasteiger partial charge < -0.3 is 4.74 Å². The molecule has 38 heavy (non-hydrogen) atoms. The number of carbonyl (C=O) groups is 2. The van der Waals surface area contributed by atoms with Crippen LogP contribution in [-0.2, 0) is 14.3 Å². The average molecular weight is 555 g/mol. The molecule has 3 atom stereocenters. The number of halogens is 2. The third kappa shape index (κ3) is 5.98. The molecule has 2 aromatic rings. The van der Waals surface area contributed by atoms with Crippen LogP contribution in [0.1, 0.15) is 56.2 Å². The van der Waals surface area contributed by atoms with Gasteiger partial charge in [-0.05, 0) is 92.6 Å². The Morgan fingerprint density at radius 1 is 1.03 bits per heavy atom. The van der Waals surface area contributed by atoms with Crippen LogP contribution in [0.25, 0.3) is 6.08 Å². The Bertz CT molecular complexity index is 1230. The second-order valence-electron chi connectivity index (χ2n) is 10.3. The summed E-state index contributed by atoms with van der Waals surface area (Å²) in [4.78, 5) is 28.2. The number of likely N-dealkylation sites (tertiary alicyclic amines) is 1. The van der Waals surface area contributed by atoms with E-state index in [0.29, 0.717) is 23.2 Å². The summed E-state index contributed by atoms with van der Waals surface area (Å²) in [5.74, 6) is -0.304. The average Bonchev–Trinajstić information content (AvgIpc) is 3.32. The number of hydrazone groups is 1. The summed E-state index contributed by atoms with van der Waals surface area (Å²) in [7, 11) is 0. The number of rotatable bonds is 6. The zero-order valence-corrected chi connectivity index (χ0v) is 23.1. The van der Waals surface area contributed by atoms with Gasteiger partial charge in [-0.25, -0.2) is 5.01 Å². The molecular formula is C30H33Cl2N3O3. The van der Waals surface area contributed by atoms with Crippen molar-refractivity contribution in [2.24, 2.45) is 16.9 Å². The van der Waals surface area contributed by atoms with Crippen molar-refractivity contribution in [1.82, 2.24) is 9.91 Å². The summed E-state index contributed by atoms with van der Waals surface area (Å²) in [5.41, 5.74) is 4.25. The Morgan fingerprint density at radius 2 is 1.74 bits per heavy atom. The summed E-state index contributed by atoms with van der Waals surface area (Å²) in [5, 5.41) is 8.05. The van der Waals surface area contributed by atoms with Crippen molar-refractivity contribution >= 4 is 46.9 Å². The number of fused-ring (bicyclic) bond motifs is 1. The zero-order chi connectivity index (χ0) is 26.6. The van der Waals surface area contributed by atoms with E-state index in [-0.39, 0.29) is 36.3 Å². The Hall–Kier alpha value is -2.67. The Labute approximate surface area is 234 Å². The monoisotopic (exact) mass is 553 g/mol. The van der Waals surface area contributed by atoms with Crippen LogP contribution in [-0.4, -0.2) is 53.7 Å². The van der Waals surface area contributed by atoms with Crippen LogP contribution in [0.4, 0.5) is 0 Å². The lowest BCUT2D eigenvalue weighted by molar-refractivity contribution is -0.151. The number of esters is 1. The van der Waals surface area contributed by atoms with Crippen molar-refractivity contribution in [2.75, 3.05) is 26.2 Å². The fraction of sp³-hybridized carbons (Fsp3) is 0.433. The SMILES string of the molecule is CCOC(=O)[C@@H]1CCCN(CC(=O)N2N=C3/C(=C\c4ccc(Cl)cc4)CCC[C@H]3[C@@H]2c2ccc(Cl)cc2)C1. The van der Waals surface area contributed by atoms with Crippen molar-refractivity contribution in [1.29, 1.82) is 0 Å². The number of amides is 1. The van der Waals surface area contributed by atoms with E-state index in [4.69, 9.17) is 33.0 Å². The maximum atomic E-state index is 13.8. The van der Waals surface area contributed by atoms with Crippen LogP contribution in [0.5, 0.6) is 0 Å². The second-order valence-corrected chi connectivity index (χ2v) is 11.1. The van der Waals surface area contributed by atoms with E-state index >= 15 is 0 Å². The van der Waals surface area contributed by atoms with Gasteiger partial charge in [0.15, 0.2) is 0 Å². The van der Waals surface area contributed by atoms with Gasteiger partial charge >= 0.3 is 5.97 Å². The number of ether oxygens (including phenoxy) is 1. The minimum Gasteiger partial charge on any atom is -0.466 e. The van der Waals surface area contributed by atoms with Crippen molar-refractivity contribution < 1.29 is 14.3 Å². The molecule has 2 fully saturated rings. The molecule has 8 heteroatoms. The fourth-order valence-corrected chi connectivity index (χ4v) is 6.13. The molecule has 5 rings (SSSR count). The van der Waals surface area contributed by atoms with E-state index in [1.54, 1.807) is 5.01 Å². The maximum Gasteiger partial charge on any atom is 0.310 e. The van der Waals surface area contributed by atoms with Crippen LogP contribution in [0.15, 0.2) is 59.2 Å². The predicted molar refractivity (Wildman–Crippen MR) is 151 cm³/mol. The van der Waals surface area contributed by atoms with Crippen LogP contribution in [0, 0.1) is 11.8 Å². The smallest absolute Gasteiger partial charge is 0.310 e. The summed E-state index contributed by atoms with van der Waals surface area (Å²) in [6.45, 7) is 3.73. The van der Waals surface area contributed by atoms with Crippen molar-refractivity contribution in [3.8, 4) is 0 Å². The Balaban J connectivity index is 1.42. The molecular weight excluding hydrogens is 521 g/mol. The molecule has 2 heterocycles. The molecule has 2 aromatic carbocycles. The molecule has 1 amide bonds. The van der Waals surface area contributed by atoms with Gasteiger partial charge in [-0.1, -0.05) is 47.5 Å². The number of allylic oxidation sites excluding steroid dienone is 1. The second kappa shape index (κ2) is 12.0. The number of carbonyl (C=O) groups excluding carboxylic acids is 2. The molecule has 3 aliphatic rings. The summed E-state index contributed by atoms with van der Waals surface area (Å²) in [6, 6.07) is 15.3. The van der Waals surface area contributed by atoms with Gasteiger partial charge in [-0.15, -0.1) is 0 Å². The van der Waals surface area contributed by atoms with Gasteiger partial charge in [0.05, 0.1) is 30.8 Å². The molecule has 1 saturated carbocycles. The van der Waals surface area contributed by atoms with Gasteiger partial charge in [-0.2, -0.15) is 5.10 Å². The molecule has 6 nitrogen and oxygen atoms in total. The van der Waals surface area contributed by atoms with Gasteiger partial charge in [0.2, 0.25) is 0 Å². The normalized spacial score (nSPS) is 24.7. The highest BCUT2D eigenvalue weighted by atomic mass is 35.5. The molecule has 0 aromatic heterocycles. The molecule has 1 saturated heterocycles. The number of hydrogen-bond donors (Lipinski definition) is 0. The van der Waals surface area contributed by atoms with Crippen LogP contribution in [0.3, 0.4) is 0 Å². The number of hydrogen-bond acceptors (Lipinski definition) is 5. The minimum atomic E-state index is -0.190. The predicted octanol–water partition coefficient (Wildman–Crippen LogP) is 6.39. The third-order valence-corrected chi connectivity index (χ3v) is 8.17. The van der Waals surface area contributed by atoms with E-state index < -0.39 is 0 Å². The maximum absolute atomic E-state index is 13.8. The molecule has 200 valence electrons. The van der Waals surface area contributed by atoms with Crippen LogP contribution >= 0.6 is 23.2 Å². The van der Waals surface area contributed by atoms with Crippen molar-refractivity contribution in [2.45, 2.75) is 45.1 Å². The number of nitrogens with zero attached hydrogens (tertiary/aromatic N) is 3. The van der Waals surface area contributed by atoms with E-state index in [1.165, 1.54) is 0 Å². The van der Waals surface area contributed by atoms with E-state index in [9.17, 15) is 9.59 Å². The lowest BCUT2D eigenvalue weighted by atomic mass is 9.77. The largest absolute Gasteiger partial charge is 0.466 e. The highest BCUT2D eigenvalue weighted by molar-refractivity contribution is 6.30. The first-order valence-corrected chi connectivity index (χ1v) is 14.2. The van der Waals surface area contributed by atoms with Crippen molar-refractivity contribution in [3.05, 3.63) is 75.3 Å². The topological polar surface area (TPSA) is 62.2 Å². The highest BCUT2D eigenvalue weighted by Crippen LogP contribution is 2.44. The lowest BCUT2D eigenvalue weighted by Crippen LogP contribution is -2.45. The first kappa shape index (κ1) is 26.9.